The van der Waals surface area contributed by atoms with Gasteiger partial charge < -0.3 is 10.6 Å². The first kappa shape index (κ1) is 15.3. The summed E-state index contributed by atoms with van der Waals surface area (Å²) >= 11 is 3.43. The Morgan fingerprint density at radius 3 is 2.14 bits per heavy atom. The minimum Gasteiger partial charge on any atom is -0.326 e. The van der Waals surface area contributed by atoms with Crippen molar-refractivity contribution in [1.29, 1.82) is 0 Å². The summed E-state index contributed by atoms with van der Waals surface area (Å²) in [5.41, 5.74) is 3.02. The van der Waals surface area contributed by atoms with Gasteiger partial charge in [-0.3, -0.25) is 9.59 Å². The lowest BCUT2D eigenvalue weighted by Gasteiger charge is -2.08. The zero-order valence-corrected chi connectivity index (χ0v) is 13.3. The van der Waals surface area contributed by atoms with E-state index in [1.54, 1.807) is 24.3 Å². The Kier molecular flexibility index (Phi) is 4.75. The molecule has 0 saturated carbocycles. The van der Waals surface area contributed by atoms with E-state index in [0.29, 0.717) is 11.3 Å². The maximum Gasteiger partial charge on any atom is 0.255 e. The maximum atomic E-state index is 12.1. The smallest absolute Gasteiger partial charge is 0.255 e. The Balaban J connectivity index is 2.09. The van der Waals surface area contributed by atoms with Crippen molar-refractivity contribution in [2.24, 2.45) is 0 Å². The molecule has 0 spiro atoms. The van der Waals surface area contributed by atoms with Crippen molar-refractivity contribution in [2.75, 3.05) is 10.6 Å². The Morgan fingerprint density at radius 1 is 0.952 bits per heavy atom. The zero-order valence-electron chi connectivity index (χ0n) is 11.7. The SMILES string of the molecule is CC(=O)Nc1ccc(C(=O)Nc2ccc(C)c(Br)c2)cc1. The van der Waals surface area contributed by atoms with Crippen LogP contribution in [0.5, 0.6) is 0 Å². The van der Waals surface area contributed by atoms with Gasteiger partial charge in [-0.05, 0) is 48.9 Å². The molecule has 0 aliphatic heterocycles. The number of hydrogen-bond acceptors (Lipinski definition) is 2. The van der Waals surface area contributed by atoms with Gasteiger partial charge in [-0.25, -0.2) is 0 Å². The van der Waals surface area contributed by atoms with E-state index in [1.165, 1.54) is 6.92 Å². The molecule has 2 aromatic carbocycles. The van der Waals surface area contributed by atoms with Crippen LogP contribution in [0.2, 0.25) is 0 Å². The predicted molar refractivity (Wildman–Crippen MR) is 87.6 cm³/mol. The molecule has 0 aromatic heterocycles. The number of hydrogen-bond donors (Lipinski definition) is 2. The fourth-order valence-electron chi connectivity index (χ4n) is 1.78. The van der Waals surface area contributed by atoms with Gasteiger partial charge in [-0.1, -0.05) is 22.0 Å². The third kappa shape index (κ3) is 4.16. The number of nitrogens with one attached hydrogen (secondary N) is 2. The van der Waals surface area contributed by atoms with Crippen molar-refractivity contribution in [2.45, 2.75) is 13.8 Å². The summed E-state index contributed by atoms with van der Waals surface area (Å²) in [6.45, 7) is 3.42. The third-order valence-electron chi connectivity index (χ3n) is 2.90. The first-order valence-electron chi connectivity index (χ1n) is 6.41. The van der Waals surface area contributed by atoms with Crippen molar-refractivity contribution < 1.29 is 9.59 Å². The monoisotopic (exact) mass is 346 g/mol. The van der Waals surface area contributed by atoms with Crippen molar-refractivity contribution in [3.63, 3.8) is 0 Å². The average Bonchev–Trinajstić information content (AvgIpc) is 2.43. The van der Waals surface area contributed by atoms with Crippen LogP contribution in [0, 0.1) is 6.92 Å². The van der Waals surface area contributed by atoms with Gasteiger partial charge in [-0.2, -0.15) is 0 Å². The topological polar surface area (TPSA) is 58.2 Å². The first-order chi connectivity index (χ1) is 9.95. The highest BCUT2D eigenvalue weighted by Crippen LogP contribution is 2.21. The number of benzene rings is 2. The summed E-state index contributed by atoms with van der Waals surface area (Å²) in [5.74, 6) is -0.336. The van der Waals surface area contributed by atoms with Gasteiger partial charge in [0.25, 0.3) is 5.91 Å². The fourth-order valence-corrected chi connectivity index (χ4v) is 2.16. The minimum atomic E-state index is -0.194. The van der Waals surface area contributed by atoms with E-state index in [1.807, 2.05) is 25.1 Å². The molecule has 0 radical (unpaired) electrons. The summed E-state index contributed by atoms with van der Waals surface area (Å²) < 4.78 is 0.946. The molecule has 2 amide bonds. The molecule has 21 heavy (non-hydrogen) atoms. The second-order valence-electron chi connectivity index (χ2n) is 4.68. The van der Waals surface area contributed by atoms with Crippen LogP contribution in [0.4, 0.5) is 11.4 Å². The molecule has 0 saturated heterocycles. The van der Waals surface area contributed by atoms with Crippen molar-refractivity contribution in [3.05, 3.63) is 58.1 Å². The van der Waals surface area contributed by atoms with Crippen LogP contribution in [0.3, 0.4) is 0 Å². The van der Waals surface area contributed by atoms with E-state index in [4.69, 9.17) is 0 Å². The summed E-state index contributed by atoms with van der Waals surface area (Å²) in [4.78, 5) is 23.1. The number of rotatable bonds is 3. The van der Waals surface area contributed by atoms with Crippen LogP contribution in [0.15, 0.2) is 46.9 Å². The summed E-state index contributed by atoms with van der Waals surface area (Å²) in [5, 5.41) is 5.49. The highest BCUT2D eigenvalue weighted by Gasteiger charge is 2.07. The van der Waals surface area contributed by atoms with Crippen molar-refractivity contribution >= 4 is 39.1 Å². The van der Waals surface area contributed by atoms with Crippen LogP contribution in [0.1, 0.15) is 22.8 Å². The summed E-state index contributed by atoms with van der Waals surface area (Å²) in [6, 6.07) is 12.4. The molecule has 108 valence electrons. The molecule has 0 heterocycles. The summed E-state index contributed by atoms with van der Waals surface area (Å²) in [7, 11) is 0. The lowest BCUT2D eigenvalue weighted by molar-refractivity contribution is -0.114. The molecular weight excluding hydrogens is 332 g/mol. The highest BCUT2D eigenvalue weighted by atomic mass is 79.9. The Bertz CT molecular complexity index is 681. The normalized spacial score (nSPS) is 10.0. The lowest BCUT2D eigenvalue weighted by atomic mass is 10.1. The zero-order chi connectivity index (χ0) is 15.4. The number of anilines is 2. The molecule has 0 fully saturated rings. The Hall–Kier alpha value is -2.14. The number of carbonyl (C=O) groups is 2. The van der Waals surface area contributed by atoms with Crippen molar-refractivity contribution in [1.82, 2.24) is 0 Å². The maximum absolute atomic E-state index is 12.1. The van der Waals surface area contributed by atoms with Gasteiger partial charge in [-0.15, -0.1) is 0 Å². The molecule has 0 atom stereocenters. The second-order valence-corrected chi connectivity index (χ2v) is 5.53. The Morgan fingerprint density at radius 2 is 1.57 bits per heavy atom. The average molecular weight is 347 g/mol. The molecule has 2 aromatic rings. The third-order valence-corrected chi connectivity index (χ3v) is 3.75. The molecule has 2 N–H and O–H groups in total. The van der Waals surface area contributed by atoms with Gasteiger partial charge in [0.1, 0.15) is 0 Å². The van der Waals surface area contributed by atoms with Crippen LogP contribution < -0.4 is 10.6 Å². The van der Waals surface area contributed by atoms with Crippen LogP contribution >= 0.6 is 15.9 Å². The molecule has 0 bridgehead atoms. The van der Waals surface area contributed by atoms with Crippen LogP contribution in [-0.4, -0.2) is 11.8 Å². The quantitative estimate of drug-likeness (QED) is 0.883. The van der Waals surface area contributed by atoms with Gasteiger partial charge >= 0.3 is 0 Å². The molecule has 0 unspecified atom stereocenters. The van der Waals surface area contributed by atoms with E-state index in [0.717, 1.165) is 15.7 Å². The number of aryl methyl sites for hydroxylation is 1. The van der Waals surface area contributed by atoms with E-state index < -0.39 is 0 Å². The fraction of sp³-hybridized carbons (Fsp3) is 0.125. The van der Waals surface area contributed by atoms with E-state index >= 15 is 0 Å². The van der Waals surface area contributed by atoms with Gasteiger partial charge in [0.2, 0.25) is 5.91 Å². The van der Waals surface area contributed by atoms with E-state index in [2.05, 4.69) is 26.6 Å². The molecular formula is C16H15BrN2O2. The van der Waals surface area contributed by atoms with Gasteiger partial charge in [0.15, 0.2) is 0 Å². The molecule has 5 heteroatoms. The Labute approximate surface area is 131 Å². The molecule has 0 aliphatic rings. The number of amides is 2. The van der Waals surface area contributed by atoms with Crippen LogP contribution in [-0.2, 0) is 4.79 Å². The first-order valence-corrected chi connectivity index (χ1v) is 7.20. The van der Waals surface area contributed by atoms with Crippen molar-refractivity contribution in [3.8, 4) is 0 Å². The molecule has 2 rings (SSSR count). The van der Waals surface area contributed by atoms with E-state index in [9.17, 15) is 9.59 Å². The predicted octanol–water partition coefficient (Wildman–Crippen LogP) is 3.97. The molecule has 4 nitrogen and oxygen atoms in total. The lowest BCUT2D eigenvalue weighted by Crippen LogP contribution is -2.12. The standard InChI is InChI=1S/C16H15BrN2O2/c1-10-3-6-14(9-15(10)17)19-16(21)12-4-7-13(8-5-12)18-11(2)20/h3-9H,1-2H3,(H,18,20)(H,19,21). The minimum absolute atomic E-state index is 0.142. The van der Waals surface area contributed by atoms with Crippen LogP contribution in [0.25, 0.3) is 0 Å². The highest BCUT2D eigenvalue weighted by molar-refractivity contribution is 9.10. The largest absolute Gasteiger partial charge is 0.326 e. The molecule has 0 aliphatic carbocycles. The van der Waals surface area contributed by atoms with E-state index in [-0.39, 0.29) is 11.8 Å². The van der Waals surface area contributed by atoms with Gasteiger partial charge in [0, 0.05) is 28.3 Å². The van der Waals surface area contributed by atoms with Gasteiger partial charge in [0.05, 0.1) is 0 Å². The summed E-state index contributed by atoms with van der Waals surface area (Å²) in [6.07, 6.45) is 0. The number of halogens is 1. The second kappa shape index (κ2) is 6.54. The number of carbonyl (C=O) groups excluding carboxylic acids is 2.